The number of fused-ring (bicyclic) bond motifs is 1. The molecule has 3 rings (SSSR count). The molecule has 0 radical (unpaired) electrons. The Labute approximate surface area is 125 Å². The molecule has 0 saturated carbocycles. The molecular weight excluding hydrogens is 264 g/mol. The van der Waals surface area contributed by atoms with Gasteiger partial charge in [0.05, 0.1) is 23.3 Å². The lowest BCUT2D eigenvalue weighted by atomic mass is 10.1. The second-order valence-electron chi connectivity index (χ2n) is 5.86. The molecule has 2 atom stereocenters. The van der Waals surface area contributed by atoms with Gasteiger partial charge < -0.3 is 10.0 Å². The Hall–Kier alpha value is -1.72. The number of hydrogen-bond donors (Lipinski definition) is 1. The van der Waals surface area contributed by atoms with Gasteiger partial charge in [0.2, 0.25) is 0 Å². The van der Waals surface area contributed by atoms with E-state index < -0.39 is 0 Å². The minimum absolute atomic E-state index is 0.278. The predicted octanol–water partition coefficient (Wildman–Crippen LogP) is 1.52. The first-order valence-electron chi connectivity index (χ1n) is 7.52. The van der Waals surface area contributed by atoms with Crippen molar-refractivity contribution in [3.63, 3.8) is 0 Å². The van der Waals surface area contributed by atoms with E-state index in [0.717, 1.165) is 43.0 Å². The Bertz CT molecular complexity index is 616. The first kappa shape index (κ1) is 14.2. The first-order chi connectivity index (χ1) is 10.1. The van der Waals surface area contributed by atoms with Gasteiger partial charge in [-0.05, 0) is 26.0 Å². The molecule has 0 unspecified atom stereocenters. The highest BCUT2D eigenvalue weighted by Crippen LogP contribution is 2.19. The van der Waals surface area contributed by atoms with E-state index in [4.69, 9.17) is 4.98 Å². The summed E-state index contributed by atoms with van der Waals surface area (Å²) in [5.74, 6) is 0.942. The third-order valence-corrected chi connectivity index (χ3v) is 4.02. The SMILES string of the molecule is C[C@@H]1CN(c2cnc3ccccc3n2)CCN1C[C@@H](C)O. The summed E-state index contributed by atoms with van der Waals surface area (Å²) in [5.41, 5.74) is 1.87. The largest absolute Gasteiger partial charge is 0.392 e. The van der Waals surface area contributed by atoms with Crippen molar-refractivity contribution < 1.29 is 5.11 Å². The van der Waals surface area contributed by atoms with Crippen LogP contribution in [0.15, 0.2) is 30.5 Å². The van der Waals surface area contributed by atoms with Gasteiger partial charge in [-0.3, -0.25) is 9.88 Å². The highest BCUT2D eigenvalue weighted by atomic mass is 16.3. The van der Waals surface area contributed by atoms with Crippen LogP contribution in [0.5, 0.6) is 0 Å². The lowest BCUT2D eigenvalue weighted by Gasteiger charge is -2.40. The quantitative estimate of drug-likeness (QED) is 0.927. The summed E-state index contributed by atoms with van der Waals surface area (Å²) in [6, 6.07) is 8.35. The normalized spacial score (nSPS) is 21.7. The van der Waals surface area contributed by atoms with Crippen molar-refractivity contribution >= 4 is 16.9 Å². The molecule has 112 valence electrons. The van der Waals surface area contributed by atoms with Crippen molar-refractivity contribution in [3.05, 3.63) is 30.5 Å². The minimum atomic E-state index is -0.278. The van der Waals surface area contributed by atoms with Crippen LogP contribution in [0.4, 0.5) is 5.82 Å². The van der Waals surface area contributed by atoms with Gasteiger partial charge in [-0.25, -0.2) is 4.98 Å². The first-order valence-corrected chi connectivity index (χ1v) is 7.52. The fourth-order valence-electron chi connectivity index (χ4n) is 2.91. The number of aliphatic hydroxyl groups excluding tert-OH is 1. The maximum absolute atomic E-state index is 9.55. The lowest BCUT2D eigenvalue weighted by molar-refractivity contribution is 0.0959. The molecule has 1 saturated heterocycles. The van der Waals surface area contributed by atoms with Gasteiger partial charge in [0.1, 0.15) is 5.82 Å². The number of anilines is 1. The summed E-state index contributed by atoms with van der Waals surface area (Å²) < 4.78 is 0. The molecule has 1 N–H and O–H groups in total. The fourth-order valence-corrected chi connectivity index (χ4v) is 2.91. The van der Waals surface area contributed by atoms with E-state index in [2.05, 4.69) is 21.7 Å². The summed E-state index contributed by atoms with van der Waals surface area (Å²) >= 11 is 0. The van der Waals surface area contributed by atoms with E-state index in [-0.39, 0.29) is 6.10 Å². The van der Waals surface area contributed by atoms with Crippen LogP contribution >= 0.6 is 0 Å². The molecule has 1 aliphatic rings. The summed E-state index contributed by atoms with van der Waals surface area (Å²) in [4.78, 5) is 13.8. The van der Waals surface area contributed by atoms with Gasteiger partial charge in [-0.2, -0.15) is 0 Å². The zero-order valence-electron chi connectivity index (χ0n) is 12.6. The van der Waals surface area contributed by atoms with Crippen LogP contribution in [0.2, 0.25) is 0 Å². The number of nitrogens with zero attached hydrogens (tertiary/aromatic N) is 4. The molecule has 0 aliphatic carbocycles. The van der Waals surface area contributed by atoms with Gasteiger partial charge in [0.25, 0.3) is 0 Å². The molecule has 1 aromatic carbocycles. The minimum Gasteiger partial charge on any atom is -0.392 e. The van der Waals surface area contributed by atoms with Crippen LogP contribution in [0.25, 0.3) is 11.0 Å². The molecule has 0 amide bonds. The standard InChI is InChI=1S/C16H22N4O/c1-12-10-20(8-7-19(12)11-13(2)21)16-9-17-14-5-3-4-6-15(14)18-16/h3-6,9,12-13,21H,7-8,10-11H2,1-2H3/t12-,13-/m1/s1. The van der Waals surface area contributed by atoms with E-state index in [1.54, 1.807) is 0 Å². The van der Waals surface area contributed by atoms with Gasteiger partial charge >= 0.3 is 0 Å². The summed E-state index contributed by atoms with van der Waals surface area (Å²) in [6.45, 7) is 7.56. The average molecular weight is 286 g/mol. The number of β-amino-alcohol motifs (C(OH)–C–C–N with tert-alkyl or cyclic N) is 1. The molecule has 1 fully saturated rings. The molecule has 2 aromatic rings. The van der Waals surface area contributed by atoms with E-state index >= 15 is 0 Å². The molecule has 0 bridgehead atoms. The van der Waals surface area contributed by atoms with E-state index in [9.17, 15) is 5.11 Å². The topological polar surface area (TPSA) is 52.5 Å². The lowest BCUT2D eigenvalue weighted by Crippen LogP contribution is -2.53. The van der Waals surface area contributed by atoms with E-state index in [1.807, 2.05) is 37.4 Å². The van der Waals surface area contributed by atoms with Crippen molar-refractivity contribution in [1.82, 2.24) is 14.9 Å². The van der Waals surface area contributed by atoms with E-state index in [1.165, 1.54) is 0 Å². The predicted molar refractivity (Wildman–Crippen MR) is 84.5 cm³/mol. The molecule has 5 heteroatoms. The van der Waals surface area contributed by atoms with Gasteiger partial charge in [-0.15, -0.1) is 0 Å². The third-order valence-electron chi connectivity index (χ3n) is 4.02. The highest BCUT2D eigenvalue weighted by Gasteiger charge is 2.25. The van der Waals surface area contributed by atoms with Crippen LogP contribution in [0.1, 0.15) is 13.8 Å². The number of benzene rings is 1. The smallest absolute Gasteiger partial charge is 0.147 e. The zero-order chi connectivity index (χ0) is 14.8. The number of aliphatic hydroxyl groups is 1. The monoisotopic (exact) mass is 286 g/mol. The van der Waals surface area contributed by atoms with Crippen molar-refractivity contribution in [2.24, 2.45) is 0 Å². The maximum Gasteiger partial charge on any atom is 0.147 e. The van der Waals surface area contributed by atoms with Crippen molar-refractivity contribution in [1.29, 1.82) is 0 Å². The van der Waals surface area contributed by atoms with Crippen LogP contribution < -0.4 is 4.90 Å². The summed E-state index contributed by atoms with van der Waals surface area (Å²) in [5, 5.41) is 9.55. The van der Waals surface area contributed by atoms with Crippen molar-refractivity contribution in [2.45, 2.75) is 26.0 Å². The number of para-hydroxylation sites is 2. The number of aromatic nitrogens is 2. The van der Waals surface area contributed by atoms with Crippen LogP contribution in [-0.2, 0) is 0 Å². The Morgan fingerprint density at radius 1 is 1.29 bits per heavy atom. The second kappa shape index (κ2) is 5.95. The number of hydrogen-bond acceptors (Lipinski definition) is 5. The van der Waals surface area contributed by atoms with E-state index in [0.29, 0.717) is 6.04 Å². The third kappa shape index (κ3) is 3.14. The maximum atomic E-state index is 9.55. The van der Waals surface area contributed by atoms with Gasteiger partial charge in [-0.1, -0.05) is 12.1 Å². The molecule has 1 aromatic heterocycles. The summed E-state index contributed by atoms with van der Waals surface area (Å²) in [7, 11) is 0. The Balaban J connectivity index is 1.75. The van der Waals surface area contributed by atoms with Crippen molar-refractivity contribution in [3.8, 4) is 0 Å². The highest BCUT2D eigenvalue weighted by molar-refractivity contribution is 5.75. The molecule has 2 heterocycles. The van der Waals surface area contributed by atoms with Crippen LogP contribution in [0, 0.1) is 0 Å². The van der Waals surface area contributed by atoms with Crippen molar-refractivity contribution in [2.75, 3.05) is 31.1 Å². The second-order valence-corrected chi connectivity index (χ2v) is 5.86. The number of rotatable bonds is 3. The number of piperazine rings is 1. The molecule has 21 heavy (non-hydrogen) atoms. The zero-order valence-corrected chi connectivity index (χ0v) is 12.6. The molecular formula is C16H22N4O. The molecule has 5 nitrogen and oxygen atoms in total. The summed E-state index contributed by atoms with van der Waals surface area (Å²) in [6.07, 6.45) is 1.58. The molecule has 0 spiro atoms. The van der Waals surface area contributed by atoms with Gasteiger partial charge in [0, 0.05) is 32.2 Å². The fraction of sp³-hybridized carbons (Fsp3) is 0.500. The Morgan fingerprint density at radius 2 is 2.05 bits per heavy atom. The van der Waals surface area contributed by atoms with Crippen LogP contribution in [0.3, 0.4) is 0 Å². The average Bonchev–Trinajstić information content (AvgIpc) is 2.48. The Kier molecular flexibility index (Phi) is 4.03. The molecule has 1 aliphatic heterocycles. The Morgan fingerprint density at radius 3 is 2.76 bits per heavy atom. The van der Waals surface area contributed by atoms with Crippen LogP contribution in [-0.4, -0.2) is 58.3 Å². The van der Waals surface area contributed by atoms with Gasteiger partial charge in [0.15, 0.2) is 0 Å².